The number of thiocarbonyl (C=S) groups is 1. The molecule has 1 unspecified atom stereocenters. The molecule has 1 rings (SSSR count). The average Bonchev–Trinajstić information content (AvgIpc) is 2.28. The quantitative estimate of drug-likeness (QED) is 0.838. The number of hydrogen-bond donors (Lipinski definition) is 1. The molecule has 0 saturated carbocycles. The Kier molecular flexibility index (Phi) is 4.64. The first-order valence-corrected chi connectivity index (χ1v) is 7.25. The van der Waals surface area contributed by atoms with E-state index in [1.165, 1.54) is 25.2 Å². The molecule has 0 amide bonds. The Morgan fingerprint density at radius 3 is 2.50 bits per heavy atom. The molecule has 0 aliphatic heterocycles. The molecule has 0 heterocycles. The van der Waals surface area contributed by atoms with Crippen LogP contribution in [0.4, 0.5) is 10.1 Å². The van der Waals surface area contributed by atoms with E-state index in [0.717, 1.165) is 4.31 Å². The van der Waals surface area contributed by atoms with E-state index in [-0.39, 0.29) is 17.1 Å². The third kappa shape index (κ3) is 2.78. The predicted molar refractivity (Wildman–Crippen MR) is 74.6 cm³/mol. The first-order chi connectivity index (χ1) is 8.32. The van der Waals surface area contributed by atoms with Gasteiger partial charge < -0.3 is 5.73 Å². The summed E-state index contributed by atoms with van der Waals surface area (Å²) in [5.41, 5.74) is 5.40. The number of nitrogens with two attached hydrogens (primary N) is 1. The Morgan fingerprint density at radius 1 is 1.50 bits per heavy atom. The van der Waals surface area contributed by atoms with Crippen molar-refractivity contribution < 1.29 is 12.8 Å². The number of benzene rings is 1. The van der Waals surface area contributed by atoms with Crippen molar-refractivity contribution in [1.82, 2.24) is 0 Å². The number of sulfonamides is 1. The number of anilines is 1. The van der Waals surface area contributed by atoms with Gasteiger partial charge in [0.15, 0.2) is 0 Å². The van der Waals surface area contributed by atoms with Crippen molar-refractivity contribution in [2.45, 2.75) is 18.6 Å². The van der Waals surface area contributed by atoms with Crippen LogP contribution in [-0.4, -0.2) is 25.7 Å². The lowest BCUT2D eigenvalue weighted by Crippen LogP contribution is -2.43. The second kappa shape index (κ2) is 5.62. The molecule has 0 radical (unpaired) electrons. The molecule has 0 aliphatic carbocycles. The van der Waals surface area contributed by atoms with E-state index in [9.17, 15) is 12.8 Å². The number of nitrogens with zero attached hydrogens (tertiary/aromatic N) is 1. The van der Waals surface area contributed by atoms with E-state index < -0.39 is 21.1 Å². The number of halogens is 1. The average molecular weight is 290 g/mol. The van der Waals surface area contributed by atoms with Gasteiger partial charge in [-0.2, -0.15) is 0 Å². The van der Waals surface area contributed by atoms with E-state index in [4.69, 9.17) is 18.0 Å². The van der Waals surface area contributed by atoms with Crippen LogP contribution < -0.4 is 10.0 Å². The lowest BCUT2D eigenvalue weighted by Gasteiger charge is -2.24. The summed E-state index contributed by atoms with van der Waals surface area (Å²) in [6.07, 6.45) is 0.246. The predicted octanol–water partition coefficient (Wildman–Crippen LogP) is 1.66. The van der Waals surface area contributed by atoms with E-state index in [1.54, 1.807) is 13.0 Å². The lowest BCUT2D eigenvalue weighted by molar-refractivity contribution is 0.583. The number of hydrogen-bond acceptors (Lipinski definition) is 3. The minimum absolute atomic E-state index is 0.0211. The summed E-state index contributed by atoms with van der Waals surface area (Å²) in [5.74, 6) is -0.610. The van der Waals surface area contributed by atoms with Gasteiger partial charge in [-0.15, -0.1) is 0 Å². The van der Waals surface area contributed by atoms with Crippen LogP contribution in [0.1, 0.15) is 13.3 Å². The molecule has 7 heteroatoms. The molecule has 0 spiro atoms. The minimum atomic E-state index is -3.80. The zero-order valence-electron chi connectivity index (χ0n) is 10.1. The number of rotatable bonds is 5. The zero-order chi connectivity index (χ0) is 13.9. The largest absolute Gasteiger partial charge is 0.392 e. The summed E-state index contributed by atoms with van der Waals surface area (Å²) in [6.45, 7) is 1.66. The molecule has 18 heavy (non-hydrogen) atoms. The highest BCUT2D eigenvalue weighted by Gasteiger charge is 2.31. The van der Waals surface area contributed by atoms with Crippen LogP contribution >= 0.6 is 12.2 Å². The van der Waals surface area contributed by atoms with Gasteiger partial charge in [-0.25, -0.2) is 12.8 Å². The van der Waals surface area contributed by atoms with Gasteiger partial charge >= 0.3 is 0 Å². The molecular formula is C11H15FN2O2S2. The third-order valence-corrected chi connectivity index (χ3v) is 5.32. The van der Waals surface area contributed by atoms with Crippen LogP contribution in [0, 0.1) is 5.82 Å². The van der Waals surface area contributed by atoms with Crippen LogP contribution in [0.3, 0.4) is 0 Å². The SMILES string of the molecule is CCC(C(N)=S)S(=O)(=O)N(C)c1ccccc1F. The summed E-state index contributed by atoms with van der Waals surface area (Å²) in [5, 5.41) is -0.989. The summed E-state index contributed by atoms with van der Waals surface area (Å²) in [7, 11) is -2.51. The van der Waals surface area contributed by atoms with Gasteiger partial charge in [0.2, 0.25) is 10.0 Å². The third-order valence-electron chi connectivity index (χ3n) is 2.62. The Hall–Kier alpha value is -1.21. The van der Waals surface area contributed by atoms with Crippen LogP contribution in [0.15, 0.2) is 24.3 Å². The van der Waals surface area contributed by atoms with Crippen LogP contribution in [-0.2, 0) is 10.0 Å². The highest BCUT2D eigenvalue weighted by Crippen LogP contribution is 2.23. The second-order valence-corrected chi connectivity index (χ2v) is 6.38. The van der Waals surface area contributed by atoms with Gasteiger partial charge in [0.05, 0.1) is 10.7 Å². The molecule has 1 aromatic rings. The maximum atomic E-state index is 13.6. The van der Waals surface area contributed by atoms with Crippen LogP contribution in [0.25, 0.3) is 0 Å². The van der Waals surface area contributed by atoms with E-state index in [1.807, 2.05) is 0 Å². The van der Waals surface area contributed by atoms with E-state index >= 15 is 0 Å². The molecule has 2 N–H and O–H groups in total. The number of para-hydroxylation sites is 1. The van der Waals surface area contributed by atoms with Crippen molar-refractivity contribution in [3.63, 3.8) is 0 Å². The standard InChI is InChI=1S/C11H15FN2O2S2/c1-3-10(11(13)17)18(15,16)14(2)9-7-5-4-6-8(9)12/h4-7,10H,3H2,1-2H3,(H2,13,17). The van der Waals surface area contributed by atoms with Crippen LogP contribution in [0.5, 0.6) is 0 Å². The summed E-state index contributed by atoms with van der Waals surface area (Å²) in [6, 6.07) is 5.64. The molecule has 1 aromatic carbocycles. The molecule has 0 aliphatic rings. The normalized spacial score (nSPS) is 13.1. The fourth-order valence-corrected chi connectivity index (χ4v) is 3.64. The monoisotopic (exact) mass is 290 g/mol. The fraction of sp³-hybridized carbons (Fsp3) is 0.364. The van der Waals surface area contributed by atoms with Crippen molar-refractivity contribution in [3.8, 4) is 0 Å². The fourth-order valence-electron chi connectivity index (χ4n) is 1.59. The van der Waals surface area contributed by atoms with Crippen molar-refractivity contribution in [2.24, 2.45) is 5.73 Å². The Bertz CT molecular complexity index is 546. The second-order valence-electron chi connectivity index (χ2n) is 3.76. The van der Waals surface area contributed by atoms with Gasteiger partial charge in [0, 0.05) is 7.05 Å². The highest BCUT2D eigenvalue weighted by molar-refractivity contribution is 7.95. The molecule has 0 saturated heterocycles. The lowest BCUT2D eigenvalue weighted by atomic mass is 10.3. The maximum Gasteiger partial charge on any atom is 0.244 e. The zero-order valence-corrected chi connectivity index (χ0v) is 11.8. The topological polar surface area (TPSA) is 63.4 Å². The molecule has 0 aromatic heterocycles. The van der Waals surface area contributed by atoms with Gasteiger partial charge in [-0.3, -0.25) is 4.31 Å². The van der Waals surface area contributed by atoms with Crippen molar-refractivity contribution >= 4 is 32.9 Å². The van der Waals surface area contributed by atoms with E-state index in [2.05, 4.69) is 0 Å². The molecule has 0 bridgehead atoms. The first-order valence-electron chi connectivity index (χ1n) is 5.34. The van der Waals surface area contributed by atoms with Crippen LogP contribution in [0.2, 0.25) is 0 Å². The molecule has 0 fully saturated rings. The molecule has 1 atom stereocenters. The van der Waals surface area contributed by atoms with Gasteiger partial charge in [0.1, 0.15) is 11.1 Å². The van der Waals surface area contributed by atoms with Gasteiger partial charge in [0.25, 0.3) is 0 Å². The smallest absolute Gasteiger partial charge is 0.244 e. The van der Waals surface area contributed by atoms with Crippen molar-refractivity contribution in [3.05, 3.63) is 30.1 Å². The van der Waals surface area contributed by atoms with Gasteiger partial charge in [-0.1, -0.05) is 31.3 Å². The Morgan fingerprint density at radius 2 is 2.06 bits per heavy atom. The minimum Gasteiger partial charge on any atom is -0.392 e. The van der Waals surface area contributed by atoms with Crippen molar-refractivity contribution in [1.29, 1.82) is 0 Å². The summed E-state index contributed by atoms with van der Waals surface area (Å²) in [4.78, 5) is -0.110. The van der Waals surface area contributed by atoms with E-state index in [0.29, 0.717) is 0 Å². The Labute approximate surface area is 112 Å². The Balaban J connectivity index is 3.21. The molecule has 4 nitrogen and oxygen atoms in total. The molecular weight excluding hydrogens is 275 g/mol. The van der Waals surface area contributed by atoms with Crippen molar-refractivity contribution in [2.75, 3.05) is 11.4 Å². The first kappa shape index (κ1) is 14.8. The highest BCUT2D eigenvalue weighted by atomic mass is 32.2. The summed E-state index contributed by atoms with van der Waals surface area (Å²) >= 11 is 4.74. The maximum absolute atomic E-state index is 13.6. The summed E-state index contributed by atoms with van der Waals surface area (Å²) < 4.78 is 38.9. The molecule has 100 valence electrons. The van der Waals surface area contributed by atoms with Gasteiger partial charge in [-0.05, 0) is 18.6 Å².